The first-order valence-electron chi connectivity index (χ1n) is 12.9. The molecule has 0 radical (unpaired) electrons. The van der Waals surface area contributed by atoms with Gasteiger partial charge in [-0.1, -0.05) is 36.4 Å². The van der Waals surface area contributed by atoms with Gasteiger partial charge in [-0.05, 0) is 42.8 Å². The minimum Gasteiger partial charge on any atom is -0.495 e. The number of methoxy groups -OCH3 is 1. The average molecular weight is 546 g/mol. The summed E-state index contributed by atoms with van der Waals surface area (Å²) in [5, 5.41) is 0.864. The molecule has 3 aromatic carbocycles. The van der Waals surface area contributed by atoms with E-state index < -0.39 is 13.9 Å². The van der Waals surface area contributed by atoms with Crippen LogP contribution in [0.1, 0.15) is 15.9 Å². The van der Waals surface area contributed by atoms with Crippen LogP contribution in [0.5, 0.6) is 5.75 Å². The van der Waals surface area contributed by atoms with Gasteiger partial charge in [0.1, 0.15) is 16.2 Å². The number of hydrogen-bond acceptors (Lipinski definition) is 6. The SMILES string of the molecule is COc1ccccc1N1CCN(C(=O)c2cc(S(=O)(=O)[N+](C)(C)c3cccc4cccnc34)ccc2C)CC1. The second-order valence-corrected chi connectivity index (χ2v) is 12.4. The lowest BCUT2D eigenvalue weighted by molar-refractivity contribution is 0.0745. The van der Waals surface area contributed by atoms with Gasteiger partial charge in [0.2, 0.25) is 0 Å². The normalized spacial score (nSPS) is 14.5. The van der Waals surface area contributed by atoms with E-state index in [-0.39, 0.29) is 10.8 Å². The van der Waals surface area contributed by atoms with Gasteiger partial charge >= 0.3 is 10.0 Å². The van der Waals surface area contributed by atoms with Crippen molar-refractivity contribution in [3.05, 3.63) is 90.1 Å². The van der Waals surface area contributed by atoms with E-state index in [1.165, 1.54) is 6.07 Å². The minimum absolute atomic E-state index is 0.0991. The number of aromatic nitrogens is 1. The Kier molecular flexibility index (Phi) is 7.05. The van der Waals surface area contributed by atoms with Crippen molar-refractivity contribution in [3.63, 3.8) is 0 Å². The highest BCUT2D eigenvalue weighted by Crippen LogP contribution is 2.34. The number of benzene rings is 3. The molecule has 1 fully saturated rings. The number of pyridine rings is 1. The Morgan fingerprint density at radius 2 is 1.64 bits per heavy atom. The summed E-state index contributed by atoms with van der Waals surface area (Å²) in [5.74, 6) is 0.634. The molecule has 202 valence electrons. The molecule has 1 aliphatic heterocycles. The number of carbonyl (C=O) groups excluding carboxylic acids is 1. The summed E-state index contributed by atoms with van der Waals surface area (Å²) < 4.78 is 33.1. The molecule has 0 unspecified atom stereocenters. The average Bonchev–Trinajstić information content (AvgIpc) is 2.96. The Balaban J connectivity index is 1.41. The molecule has 0 N–H and O–H groups in total. The predicted octanol–water partition coefficient (Wildman–Crippen LogP) is 4.47. The van der Waals surface area contributed by atoms with Crippen LogP contribution in [0.2, 0.25) is 0 Å². The Bertz CT molecular complexity index is 1640. The Hall–Kier alpha value is -3.95. The maximum atomic E-state index is 14.0. The topological polar surface area (TPSA) is 79.8 Å². The van der Waals surface area contributed by atoms with Crippen LogP contribution in [0, 0.1) is 6.92 Å². The number of ether oxygens (including phenoxy) is 1. The highest BCUT2D eigenvalue weighted by molar-refractivity contribution is 7.91. The van der Waals surface area contributed by atoms with Crippen molar-refractivity contribution in [1.82, 2.24) is 13.8 Å². The first kappa shape index (κ1) is 26.6. The molecule has 1 aromatic heterocycles. The highest BCUT2D eigenvalue weighted by Gasteiger charge is 2.39. The van der Waals surface area contributed by atoms with E-state index >= 15 is 0 Å². The van der Waals surface area contributed by atoms with Gasteiger partial charge in [-0.3, -0.25) is 4.79 Å². The maximum Gasteiger partial charge on any atom is 0.331 e. The summed E-state index contributed by atoms with van der Waals surface area (Å²) in [7, 11) is 0.990. The van der Waals surface area contributed by atoms with Gasteiger partial charge in [0.25, 0.3) is 5.91 Å². The number of sulfonamides is 1. The molecule has 4 aromatic rings. The smallest absolute Gasteiger partial charge is 0.331 e. The van der Waals surface area contributed by atoms with Crippen LogP contribution < -0.4 is 13.5 Å². The lowest BCUT2D eigenvalue weighted by Crippen LogP contribution is -2.49. The summed E-state index contributed by atoms with van der Waals surface area (Å²) in [4.78, 5) is 22.2. The number of hydrogen-bond donors (Lipinski definition) is 0. The zero-order chi connectivity index (χ0) is 27.8. The van der Waals surface area contributed by atoms with Crippen molar-refractivity contribution in [2.75, 3.05) is 52.3 Å². The minimum atomic E-state index is -3.93. The zero-order valence-corrected chi connectivity index (χ0v) is 23.5. The third-order valence-corrected chi connectivity index (χ3v) is 9.77. The highest BCUT2D eigenvalue weighted by atomic mass is 32.2. The molecule has 1 saturated heterocycles. The molecular weight excluding hydrogens is 512 g/mol. The van der Waals surface area contributed by atoms with Gasteiger partial charge in [-0.25, -0.2) is 4.98 Å². The lowest BCUT2D eigenvalue weighted by atomic mass is 10.1. The van der Waals surface area contributed by atoms with Crippen LogP contribution >= 0.6 is 0 Å². The standard InChI is InChI=1S/C30H33N4O4S/c1-22-14-15-24(39(36,37)34(2,3)27-12-7-9-23-10-8-16-31-29(23)27)21-25(22)30(35)33-19-17-32(18-20-33)26-11-5-6-13-28(26)38-4/h5-16,21H,17-20H2,1-4H3/q+1. The molecule has 1 amide bonds. The van der Waals surface area contributed by atoms with E-state index in [1.807, 2.05) is 55.5 Å². The molecule has 8 nitrogen and oxygen atoms in total. The molecular formula is C30H33N4O4S+. The summed E-state index contributed by atoms with van der Waals surface area (Å²) >= 11 is 0. The number of quaternary nitrogens is 1. The summed E-state index contributed by atoms with van der Waals surface area (Å²) in [6.07, 6.45) is 1.66. The van der Waals surface area contributed by atoms with E-state index in [4.69, 9.17) is 4.74 Å². The fourth-order valence-electron chi connectivity index (χ4n) is 5.12. The zero-order valence-electron chi connectivity index (χ0n) is 22.7. The number of para-hydroxylation sites is 3. The van der Waals surface area contributed by atoms with Crippen LogP contribution in [0.25, 0.3) is 10.9 Å². The summed E-state index contributed by atoms with van der Waals surface area (Å²) in [6.45, 7) is 4.19. The van der Waals surface area contributed by atoms with Gasteiger partial charge in [0.05, 0.1) is 26.9 Å². The first-order valence-corrected chi connectivity index (χ1v) is 14.3. The van der Waals surface area contributed by atoms with Crippen LogP contribution in [-0.2, 0) is 10.0 Å². The third-order valence-electron chi connectivity index (χ3n) is 7.52. The lowest BCUT2D eigenvalue weighted by Gasteiger charge is -2.37. The van der Waals surface area contributed by atoms with Crippen molar-refractivity contribution in [3.8, 4) is 5.75 Å². The summed E-state index contributed by atoms with van der Waals surface area (Å²) in [5.41, 5.74) is 3.33. The molecule has 0 bridgehead atoms. The number of nitrogens with zero attached hydrogens (tertiary/aromatic N) is 4. The van der Waals surface area contributed by atoms with Gasteiger partial charge < -0.3 is 14.5 Å². The number of rotatable bonds is 6. The Morgan fingerprint density at radius 1 is 0.923 bits per heavy atom. The van der Waals surface area contributed by atoms with Gasteiger partial charge in [0, 0.05) is 49.4 Å². The molecule has 2 heterocycles. The van der Waals surface area contributed by atoms with E-state index in [0.717, 1.165) is 22.4 Å². The van der Waals surface area contributed by atoms with Crippen molar-refractivity contribution < 1.29 is 17.9 Å². The van der Waals surface area contributed by atoms with Gasteiger partial charge in [0.15, 0.2) is 5.69 Å². The van der Waals surface area contributed by atoms with Crippen LogP contribution in [0.4, 0.5) is 11.4 Å². The van der Waals surface area contributed by atoms with Crippen LogP contribution in [-0.4, -0.2) is 71.6 Å². The second kappa shape index (κ2) is 10.3. The number of anilines is 1. The van der Waals surface area contributed by atoms with Crippen LogP contribution in [0.3, 0.4) is 0 Å². The Labute approximate surface area is 229 Å². The number of piperazine rings is 1. The monoisotopic (exact) mass is 545 g/mol. The number of aryl methyl sites for hydroxylation is 1. The van der Waals surface area contributed by atoms with Gasteiger partial charge in [-0.2, -0.15) is 12.3 Å². The summed E-state index contributed by atoms with van der Waals surface area (Å²) in [6, 6.07) is 21.9. The number of fused-ring (bicyclic) bond motifs is 1. The Morgan fingerprint density at radius 3 is 2.38 bits per heavy atom. The van der Waals surface area contributed by atoms with Crippen molar-refractivity contribution in [2.24, 2.45) is 0 Å². The maximum absolute atomic E-state index is 14.0. The molecule has 0 spiro atoms. The van der Waals surface area contributed by atoms with Gasteiger partial charge in [-0.15, -0.1) is 0 Å². The van der Waals surface area contributed by atoms with E-state index in [1.54, 1.807) is 50.5 Å². The molecule has 9 heteroatoms. The second-order valence-electron chi connectivity index (χ2n) is 10.1. The molecule has 0 aliphatic carbocycles. The number of amides is 1. The molecule has 1 aliphatic rings. The van der Waals surface area contributed by atoms with Crippen LogP contribution in [0.15, 0.2) is 83.9 Å². The van der Waals surface area contributed by atoms with Crippen molar-refractivity contribution in [1.29, 1.82) is 0 Å². The van der Waals surface area contributed by atoms with E-state index in [0.29, 0.717) is 42.9 Å². The van der Waals surface area contributed by atoms with Crippen molar-refractivity contribution >= 4 is 38.2 Å². The molecule has 0 atom stereocenters. The molecule has 5 rings (SSSR count). The third kappa shape index (κ3) is 4.72. The predicted molar refractivity (Wildman–Crippen MR) is 155 cm³/mol. The first-order chi connectivity index (χ1) is 18.6. The largest absolute Gasteiger partial charge is 0.495 e. The molecule has 0 saturated carbocycles. The molecule has 39 heavy (non-hydrogen) atoms. The van der Waals surface area contributed by atoms with E-state index in [2.05, 4.69) is 9.88 Å². The fourth-order valence-corrected chi connectivity index (χ4v) is 6.56. The van der Waals surface area contributed by atoms with E-state index in [9.17, 15) is 13.2 Å². The number of carbonyl (C=O) groups is 1. The quantitative estimate of drug-likeness (QED) is 0.333. The fraction of sp³-hybridized carbons (Fsp3) is 0.267. The van der Waals surface area contributed by atoms with Crippen molar-refractivity contribution in [2.45, 2.75) is 11.8 Å².